The van der Waals surface area contributed by atoms with Crippen molar-refractivity contribution < 1.29 is 38.4 Å². The van der Waals surface area contributed by atoms with Crippen LogP contribution in [0.15, 0.2) is 78.6 Å². The number of imide groups is 1. The van der Waals surface area contributed by atoms with Crippen LogP contribution in [0.25, 0.3) is 0 Å². The van der Waals surface area contributed by atoms with E-state index in [0.717, 1.165) is 10.5 Å². The molecule has 2 aliphatic rings. The summed E-state index contributed by atoms with van der Waals surface area (Å²) in [5.41, 5.74) is 3.07. The zero-order valence-electron chi connectivity index (χ0n) is 25.7. The average molecular weight is 649 g/mol. The van der Waals surface area contributed by atoms with Crippen molar-refractivity contribution in [2.75, 3.05) is 49.9 Å². The van der Waals surface area contributed by atoms with Gasteiger partial charge >= 0.3 is 0 Å². The number of rotatable bonds is 14. The van der Waals surface area contributed by atoms with Crippen molar-refractivity contribution in [2.24, 2.45) is 5.92 Å². The third kappa shape index (κ3) is 7.49. The molecule has 2 N–H and O–H groups in total. The number of benzene rings is 3. The molecule has 2 aliphatic heterocycles. The van der Waals surface area contributed by atoms with Gasteiger partial charge in [0.2, 0.25) is 6.29 Å². The fraction of sp³-hybridized carbons (Fsp3) is 0.343. The van der Waals surface area contributed by atoms with E-state index in [2.05, 4.69) is 5.32 Å². The number of nitrogens with zero attached hydrogens (tertiary/aromatic N) is 1. The van der Waals surface area contributed by atoms with Crippen molar-refractivity contribution >= 4 is 40.7 Å². The van der Waals surface area contributed by atoms with E-state index < -0.39 is 24.0 Å². The van der Waals surface area contributed by atoms with Crippen LogP contribution in [0.4, 0.5) is 11.4 Å². The Hall–Kier alpha value is -4.06. The minimum Gasteiger partial charge on any atom is -0.459 e. The van der Waals surface area contributed by atoms with Crippen molar-refractivity contribution in [3.8, 4) is 0 Å². The molecule has 0 aromatic heterocycles. The number of halogens is 1. The van der Waals surface area contributed by atoms with Gasteiger partial charge in [-0.3, -0.25) is 14.4 Å². The number of amides is 3. The Morgan fingerprint density at radius 1 is 0.957 bits per heavy atom. The van der Waals surface area contributed by atoms with E-state index in [0.29, 0.717) is 60.4 Å². The van der Waals surface area contributed by atoms with Gasteiger partial charge in [-0.1, -0.05) is 41.9 Å². The molecule has 2 heterocycles. The highest BCUT2D eigenvalue weighted by atomic mass is 35.5. The number of aliphatic hydroxyl groups excluding tert-OH is 1. The summed E-state index contributed by atoms with van der Waals surface area (Å²) in [5, 5.41) is 12.1. The minimum absolute atomic E-state index is 0.0344. The molecule has 0 saturated heterocycles. The number of allylic oxidation sites excluding steroid dienone is 1. The van der Waals surface area contributed by atoms with Crippen LogP contribution >= 0.6 is 11.6 Å². The summed E-state index contributed by atoms with van der Waals surface area (Å²) < 4.78 is 23.2. The minimum atomic E-state index is -0.693. The highest BCUT2D eigenvalue weighted by Gasteiger charge is 2.39. The molecule has 5 rings (SSSR count). The monoisotopic (exact) mass is 648 g/mol. The number of fused-ring (bicyclic) bond motifs is 1. The molecule has 0 aliphatic carbocycles. The molecule has 3 aromatic carbocycles. The highest BCUT2D eigenvalue weighted by molar-refractivity contribution is 6.37. The molecule has 3 atom stereocenters. The molecule has 242 valence electrons. The molecule has 0 spiro atoms. The fourth-order valence-corrected chi connectivity index (χ4v) is 5.88. The van der Waals surface area contributed by atoms with Crippen LogP contribution in [0.5, 0.6) is 0 Å². The standard InChI is InChI=1S/C35H37ClN2O8/c1-3-45-35-27(13-15-43-17-18-44-16-14-39)28(23-7-5-4-6-8-23)21-31(46-35)32(40)37-25-10-12-30(22(2)19-25)38-33(41)26-11-9-24(36)20-29(26)34(38)42/h4-12,19-21,27-28,35,39H,3,13-18H2,1-2H3,(H,37,40)/t27-,28-,35-/m1/s1. The molecule has 0 radical (unpaired) electrons. The number of hydrogen-bond acceptors (Lipinski definition) is 8. The SMILES string of the molecule is CCO[C@@H]1OC(C(=O)Nc2ccc(N3C(=O)c4ccc(Cl)cc4C3=O)c(C)c2)=C[C@H](c2ccccc2)[C@H]1CCOCCOCCO. The fourth-order valence-electron chi connectivity index (χ4n) is 5.71. The summed E-state index contributed by atoms with van der Waals surface area (Å²) in [6.07, 6.45) is 1.74. The van der Waals surface area contributed by atoms with Crippen LogP contribution in [-0.2, 0) is 23.7 Å². The van der Waals surface area contributed by atoms with Gasteiger partial charge in [-0.05, 0) is 73.9 Å². The Morgan fingerprint density at radius 3 is 2.41 bits per heavy atom. The first-order valence-electron chi connectivity index (χ1n) is 15.2. The molecule has 0 unspecified atom stereocenters. The van der Waals surface area contributed by atoms with Gasteiger partial charge in [0.1, 0.15) is 0 Å². The second kappa shape index (κ2) is 15.5. The maximum atomic E-state index is 13.6. The van der Waals surface area contributed by atoms with Crippen molar-refractivity contribution in [2.45, 2.75) is 32.5 Å². The summed E-state index contributed by atoms with van der Waals surface area (Å²) >= 11 is 6.06. The first-order chi connectivity index (χ1) is 22.3. The van der Waals surface area contributed by atoms with E-state index in [1.165, 1.54) is 6.07 Å². The Kier molecular flexibility index (Phi) is 11.2. The Morgan fingerprint density at radius 2 is 1.70 bits per heavy atom. The molecular weight excluding hydrogens is 612 g/mol. The quantitative estimate of drug-likeness (QED) is 0.174. The lowest BCUT2D eigenvalue weighted by atomic mass is 9.81. The van der Waals surface area contributed by atoms with E-state index >= 15 is 0 Å². The zero-order chi connectivity index (χ0) is 32.6. The third-order valence-corrected chi connectivity index (χ3v) is 8.11. The zero-order valence-corrected chi connectivity index (χ0v) is 26.5. The maximum Gasteiger partial charge on any atom is 0.290 e. The van der Waals surface area contributed by atoms with E-state index in [4.69, 9.17) is 35.7 Å². The van der Waals surface area contributed by atoms with Crippen molar-refractivity contribution in [3.63, 3.8) is 0 Å². The van der Waals surface area contributed by atoms with E-state index in [-0.39, 0.29) is 36.4 Å². The predicted octanol–water partition coefficient (Wildman–Crippen LogP) is 5.48. The second-order valence-electron chi connectivity index (χ2n) is 10.9. The highest BCUT2D eigenvalue weighted by Crippen LogP contribution is 2.39. The molecule has 10 nitrogen and oxygen atoms in total. The number of hydrogen-bond donors (Lipinski definition) is 2. The van der Waals surface area contributed by atoms with E-state index in [9.17, 15) is 14.4 Å². The van der Waals surface area contributed by atoms with Gasteiger partial charge in [-0.25, -0.2) is 4.90 Å². The van der Waals surface area contributed by atoms with Crippen LogP contribution < -0.4 is 10.2 Å². The number of ether oxygens (including phenoxy) is 4. The Balaban J connectivity index is 1.32. The topological polar surface area (TPSA) is 124 Å². The third-order valence-electron chi connectivity index (χ3n) is 7.87. The maximum absolute atomic E-state index is 13.6. The van der Waals surface area contributed by atoms with Crippen molar-refractivity contribution in [1.82, 2.24) is 0 Å². The summed E-state index contributed by atoms with van der Waals surface area (Å²) in [4.78, 5) is 40.9. The van der Waals surface area contributed by atoms with Crippen molar-refractivity contribution in [3.05, 3.63) is 106 Å². The lowest BCUT2D eigenvalue weighted by Crippen LogP contribution is -2.38. The van der Waals surface area contributed by atoms with Crippen LogP contribution in [0.3, 0.4) is 0 Å². The first kappa shape index (κ1) is 33.3. The Bertz CT molecular complexity index is 1590. The van der Waals surface area contributed by atoms with Gasteiger partial charge in [0.05, 0.1) is 43.2 Å². The van der Waals surface area contributed by atoms with Gasteiger partial charge < -0.3 is 29.4 Å². The number of anilines is 2. The number of aryl methyl sites for hydroxylation is 1. The average Bonchev–Trinajstić information content (AvgIpc) is 3.29. The van der Waals surface area contributed by atoms with Crippen LogP contribution in [-0.4, -0.2) is 68.8 Å². The molecule has 0 bridgehead atoms. The lowest BCUT2D eigenvalue weighted by Gasteiger charge is -2.37. The molecule has 3 amide bonds. The number of carbonyl (C=O) groups excluding carboxylic acids is 3. The lowest BCUT2D eigenvalue weighted by molar-refractivity contribution is -0.166. The second-order valence-corrected chi connectivity index (χ2v) is 11.3. The van der Waals surface area contributed by atoms with Crippen LogP contribution in [0, 0.1) is 12.8 Å². The smallest absolute Gasteiger partial charge is 0.290 e. The summed E-state index contributed by atoms with van der Waals surface area (Å²) in [7, 11) is 0. The van der Waals surface area contributed by atoms with Gasteiger partial charge in [-0.15, -0.1) is 0 Å². The molecule has 11 heteroatoms. The number of carbonyl (C=O) groups is 3. The Labute approximate surface area is 272 Å². The van der Waals surface area contributed by atoms with Crippen LogP contribution in [0.1, 0.15) is 51.1 Å². The van der Waals surface area contributed by atoms with Gasteiger partial charge in [0.25, 0.3) is 17.7 Å². The van der Waals surface area contributed by atoms with E-state index in [1.807, 2.05) is 43.3 Å². The van der Waals surface area contributed by atoms with Gasteiger partial charge in [-0.2, -0.15) is 0 Å². The molecule has 0 saturated carbocycles. The predicted molar refractivity (Wildman–Crippen MR) is 173 cm³/mol. The molecule has 0 fully saturated rings. The number of nitrogens with one attached hydrogen (secondary N) is 1. The van der Waals surface area contributed by atoms with Gasteiger partial charge in [0.15, 0.2) is 5.76 Å². The van der Waals surface area contributed by atoms with Crippen molar-refractivity contribution in [1.29, 1.82) is 0 Å². The molecular formula is C35H37ClN2O8. The first-order valence-corrected chi connectivity index (χ1v) is 15.6. The summed E-state index contributed by atoms with van der Waals surface area (Å²) in [5.74, 6) is -1.53. The summed E-state index contributed by atoms with van der Waals surface area (Å²) in [6.45, 7) is 5.47. The normalized spacial score (nSPS) is 19.1. The van der Waals surface area contributed by atoms with E-state index in [1.54, 1.807) is 37.3 Å². The van der Waals surface area contributed by atoms with Gasteiger partial charge in [0, 0.05) is 35.8 Å². The molecule has 46 heavy (non-hydrogen) atoms. The molecule has 3 aromatic rings. The number of aliphatic hydroxyl groups is 1. The van der Waals surface area contributed by atoms with Crippen LogP contribution in [0.2, 0.25) is 5.02 Å². The summed E-state index contributed by atoms with van der Waals surface area (Å²) in [6, 6.07) is 19.4. The largest absolute Gasteiger partial charge is 0.459 e.